The van der Waals surface area contributed by atoms with E-state index in [1.807, 2.05) is 0 Å². The molecule has 0 fully saturated rings. The van der Waals surface area contributed by atoms with Gasteiger partial charge in [-0.3, -0.25) is 9.32 Å². The molecule has 9 nitrogen and oxygen atoms in total. The number of hydrogen-bond acceptors (Lipinski definition) is 7. The molecule has 0 unspecified atom stereocenters. The van der Waals surface area contributed by atoms with Crippen LogP contribution in [-0.4, -0.2) is 67.5 Å². The summed E-state index contributed by atoms with van der Waals surface area (Å²) < 4.78 is 14.1. The fourth-order valence-corrected chi connectivity index (χ4v) is 1.11. The van der Waals surface area contributed by atoms with Gasteiger partial charge in [-0.1, -0.05) is 0 Å². The minimum absolute atomic E-state index is 0.971. The average Bonchev–Trinajstić information content (AvgIpc) is 2.21. The number of Topliss-reactive ketones (excluding diaryl/α,β-unsaturated/α-hetero) is 1. The predicted molar refractivity (Wildman–Crippen MR) is 48.1 cm³/mol. The van der Waals surface area contributed by atoms with E-state index in [-0.39, 0.29) is 0 Å². The number of aliphatic hydroxyl groups is 4. The zero-order chi connectivity index (χ0) is 12.9. The molecular weight excluding hydrogens is 247 g/mol. The SMILES string of the molecule is O=C(CO)[C@@H](O)[C@H](O)[C@@H](O)COP(=O)(O)O. The molecule has 0 rings (SSSR count). The van der Waals surface area contributed by atoms with Crippen LogP contribution < -0.4 is 0 Å². The first-order valence-electron chi connectivity index (χ1n) is 4.07. The fraction of sp³-hybridized carbons (Fsp3) is 0.833. The van der Waals surface area contributed by atoms with E-state index in [1.54, 1.807) is 0 Å². The molecule has 10 heteroatoms. The van der Waals surface area contributed by atoms with Gasteiger partial charge in [-0.05, 0) is 0 Å². The summed E-state index contributed by atoms with van der Waals surface area (Å²) in [6, 6.07) is 0. The van der Waals surface area contributed by atoms with Crippen LogP contribution in [0.3, 0.4) is 0 Å². The largest absolute Gasteiger partial charge is 0.469 e. The number of rotatable bonds is 7. The van der Waals surface area contributed by atoms with E-state index >= 15 is 0 Å². The minimum Gasteiger partial charge on any atom is -0.388 e. The van der Waals surface area contributed by atoms with Gasteiger partial charge >= 0.3 is 7.82 Å². The zero-order valence-electron chi connectivity index (χ0n) is 8.00. The highest BCUT2D eigenvalue weighted by molar-refractivity contribution is 7.46. The Labute approximate surface area is 90.2 Å². The van der Waals surface area contributed by atoms with Gasteiger partial charge in [-0.25, -0.2) is 4.57 Å². The van der Waals surface area contributed by atoms with Crippen molar-refractivity contribution < 1.29 is 44.1 Å². The van der Waals surface area contributed by atoms with Crippen molar-refractivity contribution >= 4 is 13.6 Å². The van der Waals surface area contributed by atoms with Crippen LogP contribution in [0, 0.1) is 0 Å². The quantitative estimate of drug-likeness (QED) is 0.258. The smallest absolute Gasteiger partial charge is 0.388 e. The van der Waals surface area contributed by atoms with Gasteiger partial charge in [0.15, 0.2) is 5.78 Å². The molecule has 0 saturated heterocycles. The van der Waals surface area contributed by atoms with Gasteiger partial charge in [0.25, 0.3) is 0 Å². The van der Waals surface area contributed by atoms with Crippen LogP contribution in [0.25, 0.3) is 0 Å². The number of carbonyl (C=O) groups is 1. The molecule has 6 N–H and O–H groups in total. The third kappa shape index (κ3) is 5.64. The zero-order valence-corrected chi connectivity index (χ0v) is 8.90. The molecule has 0 aromatic carbocycles. The van der Waals surface area contributed by atoms with E-state index in [2.05, 4.69) is 4.52 Å². The van der Waals surface area contributed by atoms with E-state index in [1.165, 1.54) is 0 Å². The van der Waals surface area contributed by atoms with Gasteiger partial charge in [-0.15, -0.1) is 0 Å². The molecule has 3 atom stereocenters. The van der Waals surface area contributed by atoms with Crippen LogP contribution in [0.4, 0.5) is 0 Å². The average molecular weight is 260 g/mol. The van der Waals surface area contributed by atoms with Crippen LogP contribution in [0.15, 0.2) is 0 Å². The van der Waals surface area contributed by atoms with Crippen molar-refractivity contribution in [3.63, 3.8) is 0 Å². The molecule has 0 bridgehead atoms. The normalized spacial score (nSPS) is 17.9. The molecule has 16 heavy (non-hydrogen) atoms. The van der Waals surface area contributed by atoms with E-state index in [0.717, 1.165) is 0 Å². The highest BCUT2D eigenvalue weighted by Crippen LogP contribution is 2.35. The molecule has 0 aromatic rings. The van der Waals surface area contributed by atoms with Gasteiger partial charge in [0.1, 0.15) is 24.9 Å². The topological polar surface area (TPSA) is 165 Å². The Morgan fingerprint density at radius 3 is 2.12 bits per heavy atom. The lowest BCUT2D eigenvalue weighted by molar-refractivity contribution is -0.142. The maximum Gasteiger partial charge on any atom is 0.469 e. The van der Waals surface area contributed by atoms with Crippen molar-refractivity contribution in [2.45, 2.75) is 18.3 Å². The Bertz CT molecular complexity index is 273. The molecule has 0 saturated carbocycles. The molecule has 96 valence electrons. The third-order valence-electron chi connectivity index (χ3n) is 1.62. The van der Waals surface area contributed by atoms with Crippen molar-refractivity contribution in [1.29, 1.82) is 0 Å². The van der Waals surface area contributed by atoms with Crippen LogP contribution in [0.1, 0.15) is 0 Å². The van der Waals surface area contributed by atoms with E-state index < -0.39 is 45.1 Å². The number of aliphatic hydroxyl groups excluding tert-OH is 4. The van der Waals surface area contributed by atoms with Gasteiger partial charge in [0.05, 0.1) is 6.61 Å². The Morgan fingerprint density at radius 2 is 1.75 bits per heavy atom. The molecule has 0 heterocycles. The molecule has 0 aliphatic heterocycles. The third-order valence-corrected chi connectivity index (χ3v) is 2.10. The van der Waals surface area contributed by atoms with Crippen LogP contribution in [-0.2, 0) is 13.9 Å². The van der Waals surface area contributed by atoms with Crippen molar-refractivity contribution in [3.05, 3.63) is 0 Å². The Balaban J connectivity index is 4.23. The molecule has 0 aliphatic rings. The van der Waals surface area contributed by atoms with Gasteiger partial charge in [0.2, 0.25) is 0 Å². The first-order chi connectivity index (χ1) is 7.19. The Morgan fingerprint density at radius 1 is 1.25 bits per heavy atom. The summed E-state index contributed by atoms with van der Waals surface area (Å²) in [5.41, 5.74) is 0. The summed E-state index contributed by atoms with van der Waals surface area (Å²) in [4.78, 5) is 27.2. The number of carbonyl (C=O) groups excluding carboxylic acids is 1. The monoisotopic (exact) mass is 260 g/mol. The lowest BCUT2D eigenvalue weighted by Gasteiger charge is -2.21. The van der Waals surface area contributed by atoms with Crippen LogP contribution in [0.2, 0.25) is 0 Å². The molecule has 0 aromatic heterocycles. The van der Waals surface area contributed by atoms with Gasteiger partial charge in [0, 0.05) is 0 Å². The van der Waals surface area contributed by atoms with Gasteiger partial charge in [-0.2, -0.15) is 0 Å². The van der Waals surface area contributed by atoms with Crippen LogP contribution >= 0.6 is 7.82 Å². The second-order valence-electron chi connectivity index (χ2n) is 2.91. The van der Waals surface area contributed by atoms with Crippen molar-refractivity contribution in [3.8, 4) is 0 Å². The van der Waals surface area contributed by atoms with Crippen LogP contribution in [0.5, 0.6) is 0 Å². The maximum atomic E-state index is 10.7. The second-order valence-corrected chi connectivity index (χ2v) is 4.15. The lowest BCUT2D eigenvalue weighted by atomic mass is 10.1. The second kappa shape index (κ2) is 6.38. The summed E-state index contributed by atoms with van der Waals surface area (Å²) in [5.74, 6) is -1.14. The predicted octanol–water partition coefficient (Wildman–Crippen LogP) is -3.26. The molecule has 0 radical (unpaired) electrons. The number of ketones is 1. The highest BCUT2D eigenvalue weighted by atomic mass is 31.2. The molecule has 0 spiro atoms. The maximum absolute atomic E-state index is 10.7. The standard InChI is InChI=1S/C6H13O9P/c7-1-3(8)5(10)6(11)4(9)2-15-16(12,13)14/h4-7,9-11H,1-2H2,(H2,12,13,14)/t4-,5+,6+/m0/s1. The molecular formula is C6H13O9P. The highest BCUT2D eigenvalue weighted by Gasteiger charge is 2.31. The van der Waals surface area contributed by atoms with E-state index in [4.69, 9.17) is 30.2 Å². The first kappa shape index (κ1) is 15.6. The van der Waals surface area contributed by atoms with Crippen molar-refractivity contribution in [1.82, 2.24) is 0 Å². The van der Waals surface area contributed by atoms with Crippen molar-refractivity contribution in [2.24, 2.45) is 0 Å². The Kier molecular flexibility index (Phi) is 6.23. The summed E-state index contributed by atoms with van der Waals surface area (Å²) >= 11 is 0. The summed E-state index contributed by atoms with van der Waals surface area (Å²) in [5, 5.41) is 35.6. The summed E-state index contributed by atoms with van der Waals surface area (Å²) in [7, 11) is -4.81. The fourth-order valence-electron chi connectivity index (χ4n) is 0.766. The van der Waals surface area contributed by atoms with Gasteiger partial charge < -0.3 is 30.2 Å². The number of hydrogen-bond donors (Lipinski definition) is 6. The number of phosphoric ester groups is 1. The van der Waals surface area contributed by atoms with Crippen molar-refractivity contribution in [2.75, 3.05) is 13.2 Å². The first-order valence-corrected chi connectivity index (χ1v) is 5.60. The Hall–Kier alpha value is -0.380. The molecule has 0 aliphatic carbocycles. The molecule has 0 amide bonds. The van der Waals surface area contributed by atoms with E-state index in [9.17, 15) is 9.36 Å². The lowest BCUT2D eigenvalue weighted by Crippen LogP contribution is -2.45. The summed E-state index contributed by atoms with van der Waals surface area (Å²) in [6.45, 7) is -2.01. The summed E-state index contributed by atoms with van der Waals surface area (Å²) in [6.07, 6.45) is -5.94. The van der Waals surface area contributed by atoms with E-state index in [0.29, 0.717) is 0 Å². The number of phosphoric acid groups is 1. The minimum atomic E-state index is -4.81.